The molecule has 0 aromatic heterocycles. The largest absolute Gasteiger partial charge is 0.481 e. The van der Waals surface area contributed by atoms with Gasteiger partial charge in [0, 0.05) is 13.1 Å². The molecule has 1 N–H and O–H groups in total. The molecule has 0 saturated carbocycles. The monoisotopic (exact) mass is 291 g/mol. The van der Waals surface area contributed by atoms with E-state index in [1.54, 1.807) is 0 Å². The second kappa shape index (κ2) is 6.22. The fraction of sp³-hybridized carbons (Fsp3) is 0.923. The summed E-state index contributed by atoms with van der Waals surface area (Å²) in [5, 5.41) is 9.38. The minimum atomic E-state index is -3.31. The molecule has 0 aliphatic carbocycles. The van der Waals surface area contributed by atoms with Crippen molar-refractivity contribution in [1.29, 1.82) is 0 Å². The van der Waals surface area contributed by atoms with E-state index < -0.39 is 21.4 Å². The van der Waals surface area contributed by atoms with E-state index in [2.05, 4.69) is 0 Å². The molecule has 0 aromatic rings. The molecule has 1 aliphatic heterocycles. The van der Waals surface area contributed by atoms with Crippen LogP contribution in [0.2, 0.25) is 0 Å². The van der Waals surface area contributed by atoms with E-state index in [0.29, 0.717) is 31.7 Å². The van der Waals surface area contributed by atoms with E-state index in [1.807, 2.05) is 20.8 Å². The zero-order valence-corrected chi connectivity index (χ0v) is 12.9. The lowest BCUT2D eigenvalue weighted by atomic mass is 9.83. The molecule has 0 aromatic carbocycles. The van der Waals surface area contributed by atoms with Crippen LogP contribution in [0.25, 0.3) is 0 Å². The Balaban J connectivity index is 2.76. The van der Waals surface area contributed by atoms with Gasteiger partial charge in [-0.15, -0.1) is 0 Å². The van der Waals surface area contributed by atoms with Gasteiger partial charge in [-0.05, 0) is 25.2 Å². The summed E-state index contributed by atoms with van der Waals surface area (Å²) >= 11 is 0. The van der Waals surface area contributed by atoms with Crippen LogP contribution < -0.4 is 0 Å². The maximum absolute atomic E-state index is 12.2. The van der Waals surface area contributed by atoms with Crippen molar-refractivity contribution in [1.82, 2.24) is 4.31 Å². The fourth-order valence-electron chi connectivity index (χ4n) is 2.55. The normalized spacial score (nSPS) is 25.1. The first-order valence-electron chi connectivity index (χ1n) is 6.95. The third-order valence-corrected chi connectivity index (χ3v) is 5.70. The van der Waals surface area contributed by atoms with Crippen LogP contribution in [0.5, 0.6) is 0 Å². The highest BCUT2D eigenvalue weighted by atomic mass is 32.2. The Kier molecular flexibility index (Phi) is 5.38. The van der Waals surface area contributed by atoms with Crippen LogP contribution in [0.3, 0.4) is 0 Å². The van der Waals surface area contributed by atoms with Crippen molar-refractivity contribution in [2.75, 3.05) is 18.8 Å². The van der Waals surface area contributed by atoms with Gasteiger partial charge in [-0.2, -0.15) is 0 Å². The maximum Gasteiger partial charge on any atom is 0.311 e. The van der Waals surface area contributed by atoms with Crippen LogP contribution in [0.1, 0.15) is 46.5 Å². The lowest BCUT2D eigenvalue weighted by Gasteiger charge is -2.24. The Hall–Kier alpha value is -0.620. The van der Waals surface area contributed by atoms with E-state index in [1.165, 1.54) is 4.31 Å². The molecular weight excluding hydrogens is 266 g/mol. The predicted octanol–water partition coefficient (Wildman–Crippen LogP) is 1.94. The number of hydrogen-bond acceptors (Lipinski definition) is 3. The van der Waals surface area contributed by atoms with Gasteiger partial charge >= 0.3 is 5.97 Å². The molecule has 0 radical (unpaired) electrons. The van der Waals surface area contributed by atoms with E-state index in [9.17, 15) is 18.3 Å². The highest BCUT2D eigenvalue weighted by molar-refractivity contribution is 7.89. The Bertz CT molecular complexity index is 418. The Morgan fingerprint density at radius 1 is 1.42 bits per heavy atom. The van der Waals surface area contributed by atoms with Crippen LogP contribution in [0, 0.1) is 11.3 Å². The van der Waals surface area contributed by atoms with E-state index >= 15 is 0 Å². The first-order valence-corrected chi connectivity index (χ1v) is 8.55. The Morgan fingerprint density at radius 3 is 2.53 bits per heavy atom. The molecule has 19 heavy (non-hydrogen) atoms. The quantitative estimate of drug-likeness (QED) is 0.778. The number of carboxylic acids is 1. The van der Waals surface area contributed by atoms with E-state index in [4.69, 9.17) is 0 Å². The molecule has 1 atom stereocenters. The fourth-order valence-corrected chi connectivity index (χ4v) is 4.39. The molecule has 0 spiro atoms. The molecule has 1 heterocycles. The van der Waals surface area contributed by atoms with Crippen LogP contribution in [-0.4, -0.2) is 42.6 Å². The molecule has 1 fully saturated rings. The number of carbonyl (C=O) groups is 1. The molecule has 1 rings (SSSR count). The molecule has 112 valence electrons. The van der Waals surface area contributed by atoms with Gasteiger partial charge < -0.3 is 5.11 Å². The second-order valence-electron chi connectivity index (χ2n) is 5.92. The van der Waals surface area contributed by atoms with Gasteiger partial charge in [-0.1, -0.05) is 27.2 Å². The number of rotatable bonds is 7. The smallest absolute Gasteiger partial charge is 0.311 e. The summed E-state index contributed by atoms with van der Waals surface area (Å²) in [6.45, 7) is 6.38. The molecule has 6 heteroatoms. The lowest BCUT2D eigenvalue weighted by molar-refractivity contribution is -0.148. The highest BCUT2D eigenvalue weighted by Gasteiger charge is 2.47. The predicted molar refractivity (Wildman–Crippen MR) is 74.4 cm³/mol. The molecule has 1 saturated heterocycles. The zero-order valence-electron chi connectivity index (χ0n) is 12.1. The van der Waals surface area contributed by atoms with Gasteiger partial charge in [-0.25, -0.2) is 12.7 Å². The summed E-state index contributed by atoms with van der Waals surface area (Å²) in [6.07, 6.45) is 2.34. The van der Waals surface area contributed by atoms with E-state index in [-0.39, 0.29) is 12.3 Å². The van der Waals surface area contributed by atoms with Crippen LogP contribution in [-0.2, 0) is 14.8 Å². The summed E-state index contributed by atoms with van der Waals surface area (Å²) < 4.78 is 25.7. The lowest BCUT2D eigenvalue weighted by Crippen LogP contribution is -2.37. The zero-order chi connectivity index (χ0) is 14.7. The van der Waals surface area contributed by atoms with Crippen molar-refractivity contribution in [3.8, 4) is 0 Å². The van der Waals surface area contributed by atoms with Crippen LogP contribution in [0.15, 0.2) is 0 Å². The summed E-state index contributed by atoms with van der Waals surface area (Å²) in [4.78, 5) is 11.4. The summed E-state index contributed by atoms with van der Waals surface area (Å²) in [5.74, 6) is -0.417. The van der Waals surface area contributed by atoms with Gasteiger partial charge in [0.15, 0.2) is 0 Å². The maximum atomic E-state index is 12.2. The van der Waals surface area contributed by atoms with Crippen molar-refractivity contribution >= 4 is 16.0 Å². The molecule has 1 aliphatic rings. The third-order valence-electron chi connectivity index (χ3n) is 3.85. The molecule has 5 nitrogen and oxygen atoms in total. The third kappa shape index (κ3) is 3.92. The van der Waals surface area contributed by atoms with Crippen LogP contribution in [0.4, 0.5) is 0 Å². The Labute approximate surface area is 116 Å². The van der Waals surface area contributed by atoms with Gasteiger partial charge in [0.2, 0.25) is 10.0 Å². The van der Waals surface area contributed by atoms with Gasteiger partial charge in [0.05, 0.1) is 11.2 Å². The SMILES string of the molecule is CCCC1(C(=O)O)CCN(S(=O)(=O)CCC(C)C)C1. The highest BCUT2D eigenvalue weighted by Crippen LogP contribution is 2.37. The van der Waals surface area contributed by atoms with Crippen molar-refractivity contribution in [3.63, 3.8) is 0 Å². The van der Waals surface area contributed by atoms with E-state index in [0.717, 1.165) is 6.42 Å². The van der Waals surface area contributed by atoms with Gasteiger partial charge in [0.25, 0.3) is 0 Å². The molecule has 0 amide bonds. The number of hydrogen-bond donors (Lipinski definition) is 1. The summed E-state index contributed by atoms with van der Waals surface area (Å²) in [5.41, 5.74) is -0.875. The molecule has 1 unspecified atom stereocenters. The number of sulfonamides is 1. The first-order chi connectivity index (χ1) is 8.73. The number of carboxylic acid groups (broad SMARTS) is 1. The standard InChI is InChI=1S/C13H25NO4S/c1-4-6-13(12(15)16)7-8-14(10-13)19(17,18)9-5-11(2)3/h11H,4-10H2,1-3H3,(H,15,16). The minimum absolute atomic E-state index is 0.118. The minimum Gasteiger partial charge on any atom is -0.481 e. The average molecular weight is 291 g/mol. The summed E-state index contributed by atoms with van der Waals surface area (Å²) in [6, 6.07) is 0. The van der Waals surface area contributed by atoms with Crippen LogP contribution >= 0.6 is 0 Å². The van der Waals surface area contributed by atoms with Crippen molar-refractivity contribution < 1.29 is 18.3 Å². The summed E-state index contributed by atoms with van der Waals surface area (Å²) in [7, 11) is -3.31. The van der Waals surface area contributed by atoms with Crippen molar-refractivity contribution in [2.24, 2.45) is 11.3 Å². The second-order valence-corrected chi connectivity index (χ2v) is 8.01. The van der Waals surface area contributed by atoms with Gasteiger partial charge in [0.1, 0.15) is 0 Å². The molecular formula is C13H25NO4S. The van der Waals surface area contributed by atoms with Crippen molar-refractivity contribution in [2.45, 2.75) is 46.5 Å². The first kappa shape index (κ1) is 16.4. The average Bonchev–Trinajstić information content (AvgIpc) is 2.73. The number of aliphatic carboxylic acids is 1. The Morgan fingerprint density at radius 2 is 2.05 bits per heavy atom. The van der Waals surface area contributed by atoms with Crippen molar-refractivity contribution in [3.05, 3.63) is 0 Å². The topological polar surface area (TPSA) is 74.7 Å². The molecule has 0 bridgehead atoms. The number of nitrogens with zero attached hydrogens (tertiary/aromatic N) is 1. The van der Waals surface area contributed by atoms with Gasteiger partial charge in [-0.3, -0.25) is 4.79 Å².